The van der Waals surface area contributed by atoms with E-state index in [2.05, 4.69) is 26.4 Å². The highest BCUT2D eigenvalue weighted by molar-refractivity contribution is 7.99. The molecule has 1 saturated heterocycles. The van der Waals surface area contributed by atoms with E-state index in [1.807, 2.05) is 60.9 Å². The average molecular weight is 504 g/mol. The monoisotopic (exact) mass is 503 g/mol. The van der Waals surface area contributed by atoms with Crippen molar-refractivity contribution in [1.82, 2.24) is 20.3 Å². The zero-order chi connectivity index (χ0) is 22.7. The number of fused-ring (bicyclic) bond motifs is 1. The molecule has 0 bridgehead atoms. The topological polar surface area (TPSA) is 72.0 Å². The second kappa shape index (κ2) is 9.71. The molecule has 1 aromatic carbocycles. The number of para-hydroxylation sites is 1. The van der Waals surface area contributed by atoms with Crippen LogP contribution in [0.1, 0.15) is 18.0 Å². The van der Waals surface area contributed by atoms with Gasteiger partial charge in [-0.05, 0) is 42.6 Å². The fraction of sp³-hybridized carbons (Fsp3) is 0.160. The minimum Gasteiger partial charge on any atom is -0.453 e. The van der Waals surface area contributed by atoms with Gasteiger partial charge in [-0.2, -0.15) is 0 Å². The molecule has 1 atom stereocenters. The number of nitrogens with one attached hydrogen (secondary N) is 2. The predicted octanol–water partition coefficient (Wildman–Crippen LogP) is 6.91. The Balaban J connectivity index is 1.30. The Hall–Kier alpha value is -2.98. The Labute approximate surface area is 209 Å². The number of thiazole rings is 1. The lowest BCUT2D eigenvalue weighted by Gasteiger charge is -2.13. The molecule has 0 amide bonds. The van der Waals surface area contributed by atoms with Gasteiger partial charge >= 0.3 is 0 Å². The molecule has 1 fully saturated rings. The Kier molecular flexibility index (Phi) is 6.15. The van der Waals surface area contributed by atoms with E-state index in [9.17, 15) is 0 Å². The maximum atomic E-state index is 6.26. The van der Waals surface area contributed by atoms with Gasteiger partial charge in [-0.3, -0.25) is 4.98 Å². The number of ether oxygens (including phenoxy) is 1. The van der Waals surface area contributed by atoms with Crippen LogP contribution in [0.2, 0.25) is 0 Å². The molecule has 1 aliphatic rings. The normalized spacial score (nSPS) is 15.6. The second-order valence-corrected chi connectivity index (χ2v) is 10.8. The Morgan fingerprint density at radius 2 is 2.03 bits per heavy atom. The minimum absolute atomic E-state index is 0.480. The van der Waals surface area contributed by atoms with E-state index in [1.165, 1.54) is 4.70 Å². The van der Waals surface area contributed by atoms with Gasteiger partial charge in [0.2, 0.25) is 0 Å². The third-order valence-electron chi connectivity index (χ3n) is 5.56. The van der Waals surface area contributed by atoms with E-state index in [-0.39, 0.29) is 0 Å². The number of benzene rings is 1. The molecule has 0 saturated carbocycles. The summed E-state index contributed by atoms with van der Waals surface area (Å²) in [5.74, 6) is 2.55. The van der Waals surface area contributed by atoms with Gasteiger partial charge in [-0.25, -0.2) is 9.97 Å². The molecule has 6 rings (SSSR count). The van der Waals surface area contributed by atoms with Crippen molar-refractivity contribution in [3.05, 3.63) is 77.4 Å². The molecule has 4 aromatic heterocycles. The summed E-state index contributed by atoms with van der Waals surface area (Å²) in [6.07, 6.45) is 4.85. The summed E-state index contributed by atoms with van der Waals surface area (Å²) >= 11 is 4.96. The maximum Gasteiger partial charge on any atom is 0.188 e. The number of hydrogen-bond acceptors (Lipinski definition) is 9. The fourth-order valence-electron chi connectivity index (χ4n) is 3.87. The Bertz CT molecular complexity index is 1410. The van der Waals surface area contributed by atoms with Crippen molar-refractivity contribution in [3.63, 3.8) is 0 Å². The van der Waals surface area contributed by atoms with Crippen molar-refractivity contribution >= 4 is 55.6 Å². The first kappa shape index (κ1) is 21.5. The number of nitrogens with zero attached hydrogens (tertiary/aromatic N) is 3. The smallest absolute Gasteiger partial charge is 0.188 e. The molecule has 1 aliphatic heterocycles. The summed E-state index contributed by atoms with van der Waals surface area (Å²) in [6.45, 7) is 2.04. The second-order valence-electron chi connectivity index (χ2n) is 7.87. The van der Waals surface area contributed by atoms with Crippen molar-refractivity contribution in [1.29, 1.82) is 0 Å². The lowest BCUT2D eigenvalue weighted by Crippen LogP contribution is -2.08. The van der Waals surface area contributed by atoms with Crippen LogP contribution in [0.3, 0.4) is 0 Å². The lowest BCUT2D eigenvalue weighted by molar-refractivity contribution is 0.481. The van der Waals surface area contributed by atoms with Gasteiger partial charge in [0, 0.05) is 46.1 Å². The molecule has 1 unspecified atom stereocenters. The zero-order valence-corrected chi connectivity index (χ0v) is 20.6. The van der Waals surface area contributed by atoms with Crippen LogP contribution >= 0.6 is 34.4 Å². The lowest BCUT2D eigenvalue weighted by atomic mass is 10.1. The number of pyridine rings is 2. The highest BCUT2D eigenvalue weighted by Gasteiger charge is 2.20. The van der Waals surface area contributed by atoms with Gasteiger partial charge in [-0.15, -0.1) is 22.7 Å². The summed E-state index contributed by atoms with van der Waals surface area (Å²) in [5, 5.41) is 11.8. The zero-order valence-electron chi connectivity index (χ0n) is 18.1. The summed E-state index contributed by atoms with van der Waals surface area (Å²) in [7, 11) is 0. The molecule has 0 spiro atoms. The highest BCUT2D eigenvalue weighted by atomic mass is 32.2. The Morgan fingerprint density at radius 3 is 2.91 bits per heavy atom. The van der Waals surface area contributed by atoms with Crippen LogP contribution in [-0.2, 0) is 0 Å². The molecular weight excluding hydrogens is 483 g/mol. The van der Waals surface area contributed by atoms with Gasteiger partial charge in [0.25, 0.3) is 0 Å². The van der Waals surface area contributed by atoms with Crippen LogP contribution < -0.4 is 15.4 Å². The number of thiophene rings is 1. The summed E-state index contributed by atoms with van der Waals surface area (Å²) in [5.41, 5.74) is 2.15. The first-order valence-electron chi connectivity index (χ1n) is 11.0. The van der Waals surface area contributed by atoms with E-state index >= 15 is 0 Å². The van der Waals surface area contributed by atoms with Crippen molar-refractivity contribution < 1.29 is 4.74 Å². The SMILES string of the molecule is c1ccc(Oc2cc(Sc3ccnc4ccsc34)cnc2Nc2nc(C3CCNC3)cs2)cc1. The first-order chi connectivity index (χ1) is 16.8. The van der Waals surface area contributed by atoms with Crippen molar-refractivity contribution in [2.75, 3.05) is 18.4 Å². The standard InChI is InChI=1S/C25H21N5OS3/c1-2-4-17(5-3-1)31-21-12-18(34-22-7-10-27-19-8-11-32-23(19)22)14-28-24(21)30-25-29-20(15-33-25)16-6-9-26-13-16/h1-5,7-8,10-12,14-16,26H,6,9,13H2,(H,28,29,30). The number of anilines is 2. The van der Waals surface area contributed by atoms with Gasteiger partial charge in [0.1, 0.15) is 5.75 Å². The van der Waals surface area contributed by atoms with Gasteiger partial charge in [0.15, 0.2) is 16.7 Å². The number of hydrogen-bond donors (Lipinski definition) is 2. The van der Waals surface area contributed by atoms with Crippen LogP contribution in [0.4, 0.5) is 10.9 Å². The summed E-state index contributed by atoms with van der Waals surface area (Å²) in [6, 6.07) is 15.9. The van der Waals surface area contributed by atoms with E-state index in [4.69, 9.17) is 14.7 Å². The Morgan fingerprint density at radius 1 is 1.09 bits per heavy atom. The summed E-state index contributed by atoms with van der Waals surface area (Å²) < 4.78 is 7.44. The van der Waals surface area contributed by atoms with Crippen molar-refractivity contribution in [2.24, 2.45) is 0 Å². The van der Waals surface area contributed by atoms with Gasteiger partial charge in [-0.1, -0.05) is 30.0 Å². The third kappa shape index (κ3) is 4.65. The molecule has 2 N–H and O–H groups in total. The van der Waals surface area contributed by atoms with Crippen LogP contribution in [0.25, 0.3) is 10.2 Å². The first-order valence-corrected chi connectivity index (χ1v) is 13.6. The van der Waals surface area contributed by atoms with E-state index in [0.717, 1.165) is 51.4 Å². The number of rotatable bonds is 7. The van der Waals surface area contributed by atoms with Gasteiger partial charge in [0.05, 0.1) is 15.9 Å². The fourth-order valence-corrected chi connectivity index (χ4v) is 6.54. The molecule has 170 valence electrons. The quantitative estimate of drug-likeness (QED) is 0.250. The molecule has 9 heteroatoms. The average Bonchev–Trinajstić information content (AvgIpc) is 3.63. The van der Waals surface area contributed by atoms with Gasteiger partial charge < -0.3 is 15.4 Å². The molecule has 0 radical (unpaired) electrons. The van der Waals surface area contributed by atoms with Crippen LogP contribution in [0.5, 0.6) is 11.5 Å². The van der Waals surface area contributed by atoms with E-state index < -0.39 is 0 Å². The van der Waals surface area contributed by atoms with Crippen LogP contribution in [0, 0.1) is 0 Å². The molecule has 5 aromatic rings. The predicted molar refractivity (Wildman–Crippen MR) is 140 cm³/mol. The van der Waals surface area contributed by atoms with Crippen LogP contribution in [0.15, 0.2) is 81.5 Å². The van der Waals surface area contributed by atoms with Crippen LogP contribution in [-0.4, -0.2) is 28.0 Å². The highest BCUT2D eigenvalue weighted by Crippen LogP contribution is 2.39. The third-order valence-corrected chi connectivity index (χ3v) is 8.42. The minimum atomic E-state index is 0.480. The number of aromatic nitrogens is 3. The maximum absolute atomic E-state index is 6.26. The van der Waals surface area contributed by atoms with Crippen molar-refractivity contribution in [3.8, 4) is 11.5 Å². The largest absolute Gasteiger partial charge is 0.453 e. The molecule has 34 heavy (non-hydrogen) atoms. The molecule has 5 heterocycles. The van der Waals surface area contributed by atoms with E-state index in [1.54, 1.807) is 34.4 Å². The molecule has 0 aliphatic carbocycles. The van der Waals surface area contributed by atoms with Crippen molar-refractivity contribution in [2.45, 2.75) is 22.1 Å². The summed E-state index contributed by atoms with van der Waals surface area (Å²) in [4.78, 5) is 16.1. The molecular formula is C25H21N5OS3. The van der Waals surface area contributed by atoms with E-state index in [0.29, 0.717) is 17.5 Å². The molecule has 6 nitrogen and oxygen atoms in total.